The van der Waals surface area contributed by atoms with Crippen LogP contribution in [-0.2, 0) is 4.74 Å². The molecule has 0 N–H and O–H groups in total. The second kappa shape index (κ2) is 7.86. The van der Waals surface area contributed by atoms with Gasteiger partial charge in [0, 0.05) is 36.6 Å². The summed E-state index contributed by atoms with van der Waals surface area (Å²) in [7, 11) is 1.65. The Balaban J connectivity index is 1.53. The first-order valence-corrected chi connectivity index (χ1v) is 10.6. The molecular weight excluding hydrogens is 396 g/mol. The number of hydrogen-bond donors (Lipinski definition) is 0. The Labute approximate surface area is 182 Å². The fourth-order valence-electron chi connectivity index (χ4n) is 4.08. The van der Waals surface area contributed by atoms with E-state index in [0.29, 0.717) is 19.0 Å². The molecule has 1 saturated heterocycles. The number of hydrogen-bond acceptors (Lipinski definition) is 6. The first kappa shape index (κ1) is 21.1. The summed E-state index contributed by atoms with van der Waals surface area (Å²) in [4.78, 5) is 18.6. The Morgan fingerprint density at radius 2 is 1.87 bits per heavy atom. The monoisotopic (exact) mass is 426 g/mol. The van der Waals surface area contributed by atoms with Crippen LogP contribution in [0.1, 0.15) is 51.0 Å². The molecule has 0 spiro atoms. The van der Waals surface area contributed by atoms with E-state index in [9.17, 15) is 4.79 Å². The number of likely N-dealkylation sites (tertiary alicyclic amines) is 1. The Kier molecular flexibility index (Phi) is 5.36. The maximum Gasteiger partial charge on any atom is 0.410 e. The third kappa shape index (κ3) is 4.08. The quantitative estimate of drug-likeness (QED) is 0.633. The van der Waals surface area contributed by atoms with Gasteiger partial charge in [-0.2, -0.15) is 0 Å². The zero-order chi connectivity index (χ0) is 22.3. The molecule has 1 aliphatic heterocycles. The summed E-state index contributed by atoms with van der Waals surface area (Å²) in [5.74, 6) is 0.710. The molecule has 1 fully saturated rings. The first-order chi connectivity index (χ1) is 14.7. The highest BCUT2D eigenvalue weighted by Gasteiger charge is 2.29. The van der Waals surface area contributed by atoms with Crippen LogP contribution in [0.3, 0.4) is 0 Å². The summed E-state index contributed by atoms with van der Waals surface area (Å²) in [6.45, 7) is 11.0. The first-order valence-electron chi connectivity index (χ1n) is 10.6. The summed E-state index contributed by atoms with van der Waals surface area (Å²) < 4.78 is 15.0. The van der Waals surface area contributed by atoms with Gasteiger partial charge in [0.1, 0.15) is 16.9 Å². The number of methoxy groups -OCH3 is 1. The zero-order valence-corrected chi connectivity index (χ0v) is 19.0. The topological polar surface area (TPSA) is 86.8 Å². The lowest BCUT2D eigenvalue weighted by Crippen LogP contribution is -2.42. The number of nitrogens with zero attached hydrogens (tertiary/aromatic N) is 6. The molecule has 9 nitrogen and oxygen atoms in total. The van der Waals surface area contributed by atoms with E-state index in [1.165, 1.54) is 0 Å². The molecule has 1 aliphatic rings. The van der Waals surface area contributed by atoms with Crippen LogP contribution in [0.4, 0.5) is 4.79 Å². The smallest absolute Gasteiger partial charge is 0.410 e. The van der Waals surface area contributed by atoms with Crippen molar-refractivity contribution in [2.45, 2.75) is 59.1 Å². The average Bonchev–Trinajstić information content (AvgIpc) is 3.29. The van der Waals surface area contributed by atoms with Gasteiger partial charge in [0.25, 0.3) is 0 Å². The summed E-state index contributed by atoms with van der Waals surface area (Å²) in [6.07, 6.45) is 3.19. The molecule has 4 rings (SSSR count). The fourth-order valence-corrected chi connectivity index (χ4v) is 4.08. The van der Waals surface area contributed by atoms with E-state index in [0.717, 1.165) is 41.1 Å². The van der Waals surface area contributed by atoms with E-state index in [2.05, 4.69) is 15.3 Å². The van der Waals surface area contributed by atoms with E-state index in [1.54, 1.807) is 12.0 Å². The van der Waals surface area contributed by atoms with Crippen molar-refractivity contribution in [1.82, 2.24) is 29.3 Å². The third-order valence-corrected chi connectivity index (χ3v) is 5.62. The van der Waals surface area contributed by atoms with Crippen LogP contribution in [0.5, 0.6) is 5.88 Å². The number of piperidine rings is 1. The molecular formula is C22H30N6O3. The zero-order valence-electron chi connectivity index (χ0n) is 19.0. The Morgan fingerprint density at radius 3 is 2.52 bits per heavy atom. The van der Waals surface area contributed by atoms with Crippen molar-refractivity contribution in [2.24, 2.45) is 0 Å². The average molecular weight is 427 g/mol. The van der Waals surface area contributed by atoms with E-state index < -0.39 is 5.60 Å². The van der Waals surface area contributed by atoms with Crippen LogP contribution in [0.2, 0.25) is 0 Å². The molecule has 3 aromatic heterocycles. The van der Waals surface area contributed by atoms with Crippen molar-refractivity contribution < 1.29 is 14.3 Å². The number of rotatable bonds is 3. The van der Waals surface area contributed by atoms with Crippen molar-refractivity contribution >= 4 is 11.7 Å². The molecule has 0 bridgehead atoms. The highest BCUT2D eigenvalue weighted by Crippen LogP contribution is 2.31. The predicted octanol–water partition coefficient (Wildman–Crippen LogP) is 3.79. The van der Waals surface area contributed by atoms with Crippen LogP contribution in [-0.4, -0.2) is 61.2 Å². The standard InChI is InChI=1S/C22H30N6O3/c1-14-13-23-18-11-16(12-19(30-6)27(14)18)20-15(2)28(25-24-20)17-7-9-26(10-8-17)21(29)31-22(3,4)5/h11-13,17H,7-10H2,1-6H3. The number of pyridine rings is 1. The minimum atomic E-state index is -0.485. The lowest BCUT2D eigenvalue weighted by Gasteiger charge is -2.33. The SMILES string of the molecule is COc1cc(-c2nnn(C3CCN(C(=O)OC(C)(C)C)CC3)c2C)cc2ncc(C)n12. The third-order valence-electron chi connectivity index (χ3n) is 5.62. The molecule has 0 aromatic carbocycles. The summed E-state index contributed by atoms with van der Waals surface area (Å²) in [5.41, 5.74) is 4.06. The molecule has 166 valence electrons. The lowest BCUT2D eigenvalue weighted by molar-refractivity contribution is 0.0184. The molecule has 0 atom stereocenters. The predicted molar refractivity (Wildman–Crippen MR) is 116 cm³/mol. The van der Waals surface area contributed by atoms with Crippen molar-refractivity contribution in [3.63, 3.8) is 0 Å². The van der Waals surface area contributed by atoms with Gasteiger partial charge in [0.15, 0.2) is 5.88 Å². The molecule has 4 heterocycles. The second-order valence-electron chi connectivity index (χ2n) is 9.05. The fraction of sp³-hybridized carbons (Fsp3) is 0.545. The van der Waals surface area contributed by atoms with E-state index in [1.807, 2.05) is 62.0 Å². The molecule has 1 amide bonds. The summed E-state index contributed by atoms with van der Waals surface area (Å²) in [6, 6.07) is 4.16. The van der Waals surface area contributed by atoms with Gasteiger partial charge in [0.2, 0.25) is 0 Å². The highest BCUT2D eigenvalue weighted by molar-refractivity contribution is 5.69. The normalized spacial score (nSPS) is 15.5. The van der Waals surface area contributed by atoms with Gasteiger partial charge in [0.05, 0.1) is 18.8 Å². The van der Waals surface area contributed by atoms with Gasteiger partial charge in [-0.25, -0.2) is 14.5 Å². The molecule has 3 aromatic rings. The number of imidazole rings is 1. The van der Waals surface area contributed by atoms with Crippen LogP contribution >= 0.6 is 0 Å². The van der Waals surface area contributed by atoms with Crippen LogP contribution < -0.4 is 4.74 Å². The maximum atomic E-state index is 12.3. The number of aromatic nitrogens is 5. The second-order valence-corrected chi connectivity index (χ2v) is 9.05. The van der Waals surface area contributed by atoms with Gasteiger partial charge in [-0.1, -0.05) is 5.21 Å². The molecule has 31 heavy (non-hydrogen) atoms. The maximum absolute atomic E-state index is 12.3. The van der Waals surface area contributed by atoms with Crippen LogP contribution in [0.25, 0.3) is 16.9 Å². The van der Waals surface area contributed by atoms with Crippen molar-refractivity contribution in [1.29, 1.82) is 0 Å². The molecule has 0 radical (unpaired) electrons. The molecule has 0 unspecified atom stereocenters. The molecule has 0 saturated carbocycles. The minimum absolute atomic E-state index is 0.194. The van der Waals surface area contributed by atoms with Crippen molar-refractivity contribution in [3.05, 3.63) is 29.7 Å². The minimum Gasteiger partial charge on any atom is -0.482 e. The summed E-state index contributed by atoms with van der Waals surface area (Å²) >= 11 is 0. The van der Waals surface area contributed by atoms with Crippen LogP contribution in [0.15, 0.2) is 18.3 Å². The van der Waals surface area contributed by atoms with E-state index in [4.69, 9.17) is 9.47 Å². The van der Waals surface area contributed by atoms with Gasteiger partial charge < -0.3 is 14.4 Å². The Hall–Kier alpha value is -3.10. The summed E-state index contributed by atoms with van der Waals surface area (Å²) in [5, 5.41) is 8.92. The van der Waals surface area contributed by atoms with Gasteiger partial charge in [-0.05, 0) is 53.5 Å². The number of amides is 1. The van der Waals surface area contributed by atoms with Gasteiger partial charge in [-0.15, -0.1) is 5.10 Å². The van der Waals surface area contributed by atoms with E-state index >= 15 is 0 Å². The van der Waals surface area contributed by atoms with Crippen molar-refractivity contribution in [2.75, 3.05) is 20.2 Å². The number of carbonyl (C=O) groups is 1. The lowest BCUT2D eigenvalue weighted by atomic mass is 10.0. The van der Waals surface area contributed by atoms with Gasteiger partial charge >= 0.3 is 6.09 Å². The molecule has 9 heteroatoms. The Bertz CT molecular complexity index is 1100. The van der Waals surface area contributed by atoms with Crippen LogP contribution in [0, 0.1) is 13.8 Å². The highest BCUT2D eigenvalue weighted by atomic mass is 16.6. The number of ether oxygens (including phenoxy) is 2. The largest absolute Gasteiger partial charge is 0.482 e. The number of carbonyl (C=O) groups excluding carboxylic acids is 1. The number of fused-ring (bicyclic) bond motifs is 1. The van der Waals surface area contributed by atoms with Gasteiger partial charge in [-0.3, -0.25) is 4.40 Å². The number of aryl methyl sites for hydroxylation is 1. The van der Waals surface area contributed by atoms with Crippen molar-refractivity contribution in [3.8, 4) is 17.1 Å². The molecule has 0 aliphatic carbocycles. The Morgan fingerprint density at radius 1 is 1.16 bits per heavy atom. The van der Waals surface area contributed by atoms with E-state index in [-0.39, 0.29) is 12.1 Å².